The quantitative estimate of drug-likeness (QED) is 0.397. The van der Waals surface area contributed by atoms with E-state index in [0.717, 1.165) is 24.5 Å². The minimum atomic E-state index is 0.434. The number of hydrogen-bond acceptors (Lipinski definition) is 3. The summed E-state index contributed by atoms with van der Waals surface area (Å²) in [6, 6.07) is 28.9. The van der Waals surface area contributed by atoms with Crippen molar-refractivity contribution < 1.29 is 9.47 Å². The highest BCUT2D eigenvalue weighted by Crippen LogP contribution is 2.34. The number of hydrogen-bond donors (Lipinski definition) is 0. The minimum absolute atomic E-state index is 0.434. The molecule has 4 rings (SSSR count). The Bertz CT molecular complexity index is 918. The molecule has 0 saturated carbocycles. The first-order valence-corrected chi connectivity index (χ1v) is 11.8. The van der Waals surface area contributed by atoms with Crippen LogP contribution < -0.4 is 9.47 Å². The lowest BCUT2D eigenvalue weighted by Gasteiger charge is -2.38. The van der Waals surface area contributed by atoms with Gasteiger partial charge in [-0.25, -0.2) is 0 Å². The van der Waals surface area contributed by atoms with Crippen LogP contribution in [0.15, 0.2) is 78.9 Å². The second kappa shape index (κ2) is 11.2. The molecule has 1 aliphatic heterocycles. The van der Waals surface area contributed by atoms with Gasteiger partial charge in [0.15, 0.2) is 11.5 Å². The Hall–Kier alpha value is -2.78. The molecule has 168 valence electrons. The van der Waals surface area contributed by atoms with Gasteiger partial charge in [-0.15, -0.1) is 0 Å². The van der Waals surface area contributed by atoms with Crippen molar-refractivity contribution >= 4 is 0 Å². The van der Waals surface area contributed by atoms with E-state index in [2.05, 4.69) is 77.7 Å². The zero-order valence-electron chi connectivity index (χ0n) is 19.4. The monoisotopic (exact) mass is 429 g/mol. The first kappa shape index (κ1) is 22.4. The fourth-order valence-corrected chi connectivity index (χ4v) is 5.04. The van der Waals surface area contributed by atoms with Crippen molar-refractivity contribution in [2.45, 2.75) is 44.1 Å². The molecule has 1 heterocycles. The molecule has 0 bridgehead atoms. The van der Waals surface area contributed by atoms with Gasteiger partial charge in [0.2, 0.25) is 0 Å². The third-order valence-electron chi connectivity index (χ3n) is 6.80. The van der Waals surface area contributed by atoms with Gasteiger partial charge >= 0.3 is 0 Å². The van der Waals surface area contributed by atoms with Gasteiger partial charge in [0.05, 0.1) is 14.2 Å². The summed E-state index contributed by atoms with van der Waals surface area (Å²) in [5.74, 6) is 2.04. The summed E-state index contributed by atoms with van der Waals surface area (Å²) in [6.07, 6.45) is 6.10. The molecule has 0 aliphatic carbocycles. The molecule has 3 aromatic carbocycles. The molecule has 1 fully saturated rings. The molecule has 32 heavy (non-hydrogen) atoms. The van der Waals surface area contributed by atoms with Gasteiger partial charge in [0.25, 0.3) is 0 Å². The molecule has 3 nitrogen and oxygen atoms in total. The highest BCUT2D eigenvalue weighted by molar-refractivity contribution is 5.43. The van der Waals surface area contributed by atoms with E-state index >= 15 is 0 Å². The van der Waals surface area contributed by atoms with Gasteiger partial charge in [-0.2, -0.15) is 0 Å². The van der Waals surface area contributed by atoms with Crippen LogP contribution in [0.25, 0.3) is 0 Å². The van der Waals surface area contributed by atoms with E-state index in [9.17, 15) is 0 Å². The molecular formula is C29H35NO2. The summed E-state index contributed by atoms with van der Waals surface area (Å²) in [5.41, 5.74) is 4.14. The number of piperidine rings is 1. The van der Waals surface area contributed by atoms with E-state index in [4.69, 9.17) is 9.47 Å². The summed E-state index contributed by atoms with van der Waals surface area (Å²) in [6.45, 7) is 2.27. The van der Waals surface area contributed by atoms with E-state index in [1.54, 1.807) is 14.2 Å². The van der Waals surface area contributed by atoms with Crippen molar-refractivity contribution in [3.8, 4) is 11.5 Å². The molecule has 1 unspecified atom stereocenters. The van der Waals surface area contributed by atoms with Crippen molar-refractivity contribution in [3.63, 3.8) is 0 Å². The zero-order chi connectivity index (χ0) is 22.2. The minimum Gasteiger partial charge on any atom is -0.493 e. The summed E-state index contributed by atoms with van der Waals surface area (Å²) >= 11 is 0. The maximum absolute atomic E-state index is 5.50. The Morgan fingerprint density at radius 1 is 0.812 bits per heavy atom. The fourth-order valence-electron chi connectivity index (χ4n) is 5.04. The summed E-state index contributed by atoms with van der Waals surface area (Å²) in [4.78, 5) is 2.72. The van der Waals surface area contributed by atoms with Gasteiger partial charge in [-0.3, -0.25) is 0 Å². The topological polar surface area (TPSA) is 21.7 Å². The van der Waals surface area contributed by atoms with Gasteiger partial charge < -0.3 is 14.4 Å². The SMILES string of the molecule is COc1ccc(CCN2CCCCC2CC(c2ccccc2)c2ccccc2)cc1OC. The second-order valence-corrected chi connectivity index (χ2v) is 8.73. The third-order valence-corrected chi connectivity index (χ3v) is 6.80. The Labute approximate surface area is 193 Å². The smallest absolute Gasteiger partial charge is 0.160 e. The molecular weight excluding hydrogens is 394 g/mol. The Morgan fingerprint density at radius 2 is 1.47 bits per heavy atom. The normalized spacial score (nSPS) is 16.8. The lowest BCUT2D eigenvalue weighted by molar-refractivity contribution is 0.138. The van der Waals surface area contributed by atoms with Crippen LogP contribution in [0.5, 0.6) is 11.5 Å². The van der Waals surface area contributed by atoms with E-state index in [0.29, 0.717) is 12.0 Å². The lowest BCUT2D eigenvalue weighted by Crippen LogP contribution is -2.41. The molecule has 1 saturated heterocycles. The highest BCUT2D eigenvalue weighted by atomic mass is 16.5. The van der Waals surface area contributed by atoms with Crippen LogP contribution in [0.1, 0.15) is 48.3 Å². The van der Waals surface area contributed by atoms with Crippen LogP contribution in [0, 0.1) is 0 Å². The Balaban J connectivity index is 1.49. The summed E-state index contributed by atoms with van der Waals surface area (Å²) < 4.78 is 10.9. The van der Waals surface area contributed by atoms with E-state index < -0.39 is 0 Å². The van der Waals surface area contributed by atoms with Crippen LogP contribution in [-0.4, -0.2) is 38.3 Å². The predicted molar refractivity (Wildman–Crippen MR) is 132 cm³/mol. The molecule has 0 radical (unpaired) electrons. The number of rotatable bonds is 9. The molecule has 1 aliphatic rings. The summed E-state index contributed by atoms with van der Waals surface area (Å²) in [7, 11) is 3.39. The maximum Gasteiger partial charge on any atom is 0.160 e. The third kappa shape index (κ3) is 5.52. The van der Waals surface area contributed by atoms with Crippen molar-refractivity contribution in [1.82, 2.24) is 4.90 Å². The van der Waals surface area contributed by atoms with E-state index in [1.165, 1.54) is 48.9 Å². The van der Waals surface area contributed by atoms with Gasteiger partial charge in [0, 0.05) is 18.5 Å². The maximum atomic E-state index is 5.50. The standard InChI is InChI=1S/C29H35NO2/c1-31-28-17-16-23(21-29(28)32-2)18-20-30-19-10-9-15-26(30)22-27(24-11-5-3-6-12-24)25-13-7-4-8-14-25/h3-8,11-14,16-17,21,26-27H,9-10,15,18-20,22H2,1-2H3. The van der Waals surface area contributed by atoms with Gasteiger partial charge in [-0.1, -0.05) is 73.2 Å². The molecule has 1 atom stereocenters. The number of likely N-dealkylation sites (tertiary alicyclic amines) is 1. The first-order chi connectivity index (χ1) is 15.8. The van der Waals surface area contributed by atoms with Crippen molar-refractivity contribution in [3.05, 3.63) is 95.6 Å². The fraction of sp³-hybridized carbons (Fsp3) is 0.379. The molecule has 3 heteroatoms. The molecule has 3 aromatic rings. The van der Waals surface area contributed by atoms with Gasteiger partial charge in [-0.05, 0) is 61.1 Å². The van der Waals surface area contributed by atoms with Gasteiger partial charge in [0.1, 0.15) is 0 Å². The second-order valence-electron chi connectivity index (χ2n) is 8.73. The average molecular weight is 430 g/mol. The number of ether oxygens (including phenoxy) is 2. The molecule has 0 aromatic heterocycles. The molecule has 0 spiro atoms. The first-order valence-electron chi connectivity index (χ1n) is 11.8. The van der Waals surface area contributed by atoms with Crippen LogP contribution in [0.2, 0.25) is 0 Å². The summed E-state index contributed by atoms with van der Waals surface area (Å²) in [5, 5.41) is 0. The number of nitrogens with zero attached hydrogens (tertiary/aromatic N) is 1. The zero-order valence-corrected chi connectivity index (χ0v) is 19.4. The highest BCUT2D eigenvalue weighted by Gasteiger charge is 2.27. The molecule has 0 amide bonds. The van der Waals surface area contributed by atoms with Crippen molar-refractivity contribution in [2.24, 2.45) is 0 Å². The van der Waals surface area contributed by atoms with Crippen LogP contribution in [-0.2, 0) is 6.42 Å². The lowest BCUT2D eigenvalue weighted by atomic mass is 9.83. The van der Waals surface area contributed by atoms with E-state index in [1.807, 2.05) is 6.07 Å². The number of methoxy groups -OCH3 is 2. The van der Waals surface area contributed by atoms with Crippen molar-refractivity contribution in [1.29, 1.82) is 0 Å². The molecule has 0 N–H and O–H groups in total. The largest absolute Gasteiger partial charge is 0.493 e. The van der Waals surface area contributed by atoms with E-state index in [-0.39, 0.29) is 0 Å². The van der Waals surface area contributed by atoms with Crippen LogP contribution in [0.4, 0.5) is 0 Å². The Kier molecular flexibility index (Phi) is 7.84. The predicted octanol–water partition coefficient (Wildman–Crippen LogP) is 6.32. The average Bonchev–Trinajstić information content (AvgIpc) is 2.87. The Morgan fingerprint density at radius 3 is 2.09 bits per heavy atom. The number of benzene rings is 3. The van der Waals surface area contributed by atoms with Crippen LogP contribution in [0.3, 0.4) is 0 Å². The van der Waals surface area contributed by atoms with Crippen LogP contribution >= 0.6 is 0 Å². The van der Waals surface area contributed by atoms with Crippen molar-refractivity contribution in [2.75, 3.05) is 27.3 Å².